The lowest BCUT2D eigenvalue weighted by atomic mass is 10.1. The van der Waals surface area contributed by atoms with Gasteiger partial charge in [0.1, 0.15) is 0 Å². The lowest BCUT2D eigenvalue weighted by Gasteiger charge is -2.36. The topological polar surface area (TPSA) is 36.4 Å². The number of fused-ring (bicyclic) bond motifs is 1. The molecule has 1 aromatic heterocycles. The van der Waals surface area contributed by atoms with Crippen LogP contribution in [0.15, 0.2) is 93.4 Å². The van der Waals surface area contributed by atoms with E-state index >= 15 is 0 Å². The summed E-state index contributed by atoms with van der Waals surface area (Å²) >= 11 is 4.69. The minimum atomic E-state index is -4.64. The molecule has 1 amide bonds. The Balaban J connectivity index is 1.35. The Morgan fingerprint density at radius 3 is 2.19 bits per heavy atom. The molecule has 1 saturated heterocycles. The minimum absolute atomic E-state index is 0.312. The van der Waals surface area contributed by atoms with Gasteiger partial charge in [-0.05, 0) is 65.4 Å². The maximum absolute atomic E-state index is 14.0. The Kier molecular flexibility index (Phi) is 6.94. The lowest BCUT2D eigenvalue weighted by Crippen LogP contribution is -2.49. The van der Waals surface area contributed by atoms with Crippen molar-refractivity contribution in [2.45, 2.75) is 16.0 Å². The number of pyridine rings is 1. The normalized spacial score (nSPS) is 14.3. The van der Waals surface area contributed by atoms with Crippen LogP contribution in [-0.2, 0) is 6.18 Å². The number of carbonyl (C=O) groups is 1. The van der Waals surface area contributed by atoms with Gasteiger partial charge in [0.25, 0.3) is 5.91 Å². The molecule has 0 atom stereocenters. The Morgan fingerprint density at radius 2 is 1.47 bits per heavy atom. The van der Waals surface area contributed by atoms with Gasteiger partial charge in [-0.2, -0.15) is 13.2 Å². The molecule has 0 bridgehead atoms. The Labute approximate surface area is 219 Å². The zero-order valence-electron chi connectivity index (χ0n) is 19.0. The van der Waals surface area contributed by atoms with Crippen LogP contribution in [0.4, 0.5) is 18.9 Å². The smallest absolute Gasteiger partial charge is 0.368 e. The highest BCUT2D eigenvalue weighted by molar-refractivity contribution is 9.10. The summed E-state index contributed by atoms with van der Waals surface area (Å²) in [6, 6.07) is 19.4. The van der Waals surface area contributed by atoms with E-state index in [1.807, 2.05) is 48.5 Å². The molecule has 0 aliphatic carbocycles. The summed E-state index contributed by atoms with van der Waals surface area (Å²) in [6.45, 7) is 1.79. The number of amides is 1. The van der Waals surface area contributed by atoms with Crippen molar-refractivity contribution in [3.8, 4) is 0 Å². The van der Waals surface area contributed by atoms with Gasteiger partial charge in [-0.25, -0.2) is 0 Å². The van der Waals surface area contributed by atoms with Gasteiger partial charge in [0.15, 0.2) is 0 Å². The quantitative estimate of drug-likeness (QED) is 0.261. The molecular formula is C27H21BrF3N3OS. The van der Waals surface area contributed by atoms with Crippen LogP contribution >= 0.6 is 27.7 Å². The highest BCUT2D eigenvalue weighted by Crippen LogP contribution is 2.38. The number of benzene rings is 3. The van der Waals surface area contributed by atoms with Crippen molar-refractivity contribution in [1.82, 2.24) is 9.88 Å². The van der Waals surface area contributed by atoms with Crippen molar-refractivity contribution in [3.63, 3.8) is 0 Å². The predicted molar refractivity (Wildman–Crippen MR) is 140 cm³/mol. The summed E-state index contributed by atoms with van der Waals surface area (Å²) in [5.41, 5.74) is -0.234. The fourth-order valence-corrected chi connectivity index (χ4v) is 5.58. The van der Waals surface area contributed by atoms with E-state index < -0.39 is 17.6 Å². The molecule has 1 aliphatic heterocycles. The molecule has 1 fully saturated rings. The van der Waals surface area contributed by atoms with Crippen molar-refractivity contribution in [2.24, 2.45) is 0 Å². The first-order valence-corrected chi connectivity index (χ1v) is 12.9. The van der Waals surface area contributed by atoms with Gasteiger partial charge < -0.3 is 9.80 Å². The van der Waals surface area contributed by atoms with Gasteiger partial charge in [-0.1, -0.05) is 39.8 Å². The summed E-state index contributed by atoms with van der Waals surface area (Å²) in [5, 5.41) is 2.03. The Hall–Kier alpha value is -3.04. The maximum Gasteiger partial charge on any atom is 0.417 e. The van der Waals surface area contributed by atoms with Crippen molar-refractivity contribution >= 4 is 50.1 Å². The van der Waals surface area contributed by atoms with Gasteiger partial charge in [0.2, 0.25) is 0 Å². The molecule has 0 spiro atoms. The second-order valence-electron chi connectivity index (χ2n) is 8.45. The van der Waals surface area contributed by atoms with Gasteiger partial charge in [0.05, 0.1) is 11.1 Å². The largest absolute Gasteiger partial charge is 0.417 e. The minimum Gasteiger partial charge on any atom is -0.368 e. The second kappa shape index (κ2) is 10.1. The molecule has 9 heteroatoms. The first-order chi connectivity index (χ1) is 17.3. The summed E-state index contributed by atoms with van der Waals surface area (Å²) in [5.74, 6) is -0.593. The average molecular weight is 572 g/mol. The number of piperazine rings is 1. The van der Waals surface area contributed by atoms with E-state index in [0.717, 1.165) is 31.9 Å². The third-order valence-electron chi connectivity index (χ3n) is 6.13. The highest BCUT2D eigenvalue weighted by Gasteiger charge is 2.37. The number of halogens is 4. The first kappa shape index (κ1) is 24.6. The molecule has 3 aromatic carbocycles. The van der Waals surface area contributed by atoms with Gasteiger partial charge in [-0.15, -0.1) is 0 Å². The standard InChI is InChI=1S/C27H21BrF3N3OS/c28-20-3-1-19-16-22(4-2-18(19)15-20)36-23-5-6-24(25(17-23)27(29,30)31)26(35)34-13-11-33(12-14-34)21-7-9-32-10-8-21/h1-10,15-17H,11-14H2. The highest BCUT2D eigenvalue weighted by atomic mass is 79.9. The van der Waals surface area contributed by atoms with E-state index in [-0.39, 0.29) is 5.56 Å². The molecule has 0 unspecified atom stereocenters. The number of hydrogen-bond acceptors (Lipinski definition) is 4. The number of aromatic nitrogens is 1. The van der Waals surface area contributed by atoms with Crippen molar-refractivity contribution in [1.29, 1.82) is 0 Å². The Bertz CT molecular complexity index is 1410. The SMILES string of the molecule is O=C(c1ccc(Sc2ccc3cc(Br)ccc3c2)cc1C(F)(F)F)N1CCN(c2ccncc2)CC1. The van der Waals surface area contributed by atoms with Crippen LogP contribution in [0.3, 0.4) is 0 Å². The van der Waals surface area contributed by atoms with Gasteiger partial charge >= 0.3 is 6.18 Å². The van der Waals surface area contributed by atoms with Crippen LogP contribution in [0, 0.1) is 0 Å². The zero-order valence-corrected chi connectivity index (χ0v) is 21.4. The molecule has 4 nitrogen and oxygen atoms in total. The lowest BCUT2D eigenvalue weighted by molar-refractivity contribution is -0.138. The summed E-state index contributed by atoms with van der Waals surface area (Å²) < 4.78 is 43.0. The molecule has 1 aliphatic rings. The Morgan fingerprint density at radius 1 is 0.833 bits per heavy atom. The average Bonchev–Trinajstić information content (AvgIpc) is 2.88. The molecule has 0 N–H and O–H groups in total. The molecule has 4 aromatic rings. The summed E-state index contributed by atoms with van der Waals surface area (Å²) in [4.78, 5) is 22.0. The number of anilines is 1. The predicted octanol–water partition coefficient (Wildman–Crippen LogP) is 7.13. The molecule has 0 saturated carbocycles. The van der Waals surface area contributed by atoms with Crippen molar-refractivity contribution in [2.75, 3.05) is 31.1 Å². The monoisotopic (exact) mass is 571 g/mol. The van der Waals surface area contributed by atoms with E-state index in [9.17, 15) is 18.0 Å². The van der Waals surface area contributed by atoms with Crippen LogP contribution in [-0.4, -0.2) is 42.0 Å². The van der Waals surface area contributed by atoms with Crippen LogP contribution in [0.1, 0.15) is 15.9 Å². The zero-order chi connectivity index (χ0) is 25.3. The number of rotatable bonds is 4. The van der Waals surface area contributed by atoms with Crippen molar-refractivity contribution < 1.29 is 18.0 Å². The molecule has 0 radical (unpaired) electrons. The maximum atomic E-state index is 14.0. The van der Waals surface area contributed by atoms with Gasteiger partial charge in [-0.3, -0.25) is 9.78 Å². The summed E-state index contributed by atoms with van der Waals surface area (Å²) in [7, 11) is 0. The van der Waals surface area contributed by atoms with E-state index in [2.05, 4.69) is 25.8 Å². The van der Waals surface area contributed by atoms with Crippen LogP contribution in [0.25, 0.3) is 10.8 Å². The molecule has 5 rings (SSSR count). The van der Waals surface area contributed by atoms with Crippen molar-refractivity contribution in [3.05, 3.63) is 94.7 Å². The molecular weight excluding hydrogens is 551 g/mol. The third-order valence-corrected chi connectivity index (χ3v) is 7.60. The van der Waals surface area contributed by atoms with Crippen LogP contribution in [0.2, 0.25) is 0 Å². The van der Waals surface area contributed by atoms with E-state index in [4.69, 9.17) is 0 Å². The van der Waals surface area contributed by atoms with Crippen LogP contribution < -0.4 is 4.90 Å². The van der Waals surface area contributed by atoms with Gasteiger partial charge in [0, 0.05) is 58.5 Å². The van der Waals surface area contributed by atoms with E-state index in [0.29, 0.717) is 31.1 Å². The van der Waals surface area contributed by atoms with Crippen LogP contribution in [0.5, 0.6) is 0 Å². The number of carbonyl (C=O) groups excluding carboxylic acids is 1. The molecule has 184 valence electrons. The number of nitrogens with zero attached hydrogens (tertiary/aromatic N) is 3. The molecule has 2 heterocycles. The third kappa shape index (κ3) is 5.37. The fourth-order valence-electron chi connectivity index (χ4n) is 4.30. The fraction of sp³-hybridized carbons (Fsp3) is 0.185. The van der Waals surface area contributed by atoms with E-state index in [1.54, 1.807) is 18.5 Å². The van der Waals surface area contributed by atoms with E-state index in [1.165, 1.54) is 22.7 Å². The number of hydrogen-bond donors (Lipinski definition) is 0. The number of alkyl halides is 3. The molecule has 36 heavy (non-hydrogen) atoms. The first-order valence-electron chi connectivity index (χ1n) is 11.3. The second-order valence-corrected chi connectivity index (χ2v) is 10.5. The summed E-state index contributed by atoms with van der Waals surface area (Å²) in [6.07, 6.45) is -1.26.